The first-order chi connectivity index (χ1) is 12.6. The maximum atomic E-state index is 12.9. The number of likely N-dealkylation sites (tertiary alicyclic amines) is 1. The van der Waals surface area contributed by atoms with Crippen LogP contribution < -0.4 is 4.90 Å². The molecule has 1 saturated carbocycles. The van der Waals surface area contributed by atoms with E-state index in [2.05, 4.69) is 14.9 Å². The van der Waals surface area contributed by atoms with Gasteiger partial charge in [-0.3, -0.25) is 4.79 Å². The average molecular weight is 379 g/mol. The normalized spacial score (nSPS) is 30.2. The van der Waals surface area contributed by atoms with Crippen molar-refractivity contribution >= 4 is 23.5 Å². The number of amides is 1. The summed E-state index contributed by atoms with van der Waals surface area (Å²) < 4.78 is 0. The Bertz CT molecular complexity index is 649. The molecule has 2 atom stereocenters. The molecule has 3 fully saturated rings. The molecule has 142 valence electrons. The van der Waals surface area contributed by atoms with Crippen molar-refractivity contribution in [3.8, 4) is 0 Å². The monoisotopic (exact) mass is 378 g/mol. The number of halogens is 1. The van der Waals surface area contributed by atoms with Gasteiger partial charge in [0.25, 0.3) is 0 Å². The van der Waals surface area contributed by atoms with E-state index in [0.29, 0.717) is 36.4 Å². The van der Waals surface area contributed by atoms with E-state index in [1.807, 2.05) is 4.90 Å². The third-order valence-corrected chi connectivity index (χ3v) is 6.59. The average Bonchev–Trinajstić information content (AvgIpc) is 3.19. The van der Waals surface area contributed by atoms with Crippen molar-refractivity contribution < 1.29 is 9.90 Å². The summed E-state index contributed by atoms with van der Waals surface area (Å²) in [6, 6.07) is 0. The number of hydrogen-bond donors (Lipinski definition) is 1. The quantitative estimate of drug-likeness (QED) is 0.856. The zero-order valence-electron chi connectivity index (χ0n) is 15.1. The van der Waals surface area contributed by atoms with Crippen LogP contribution in [-0.2, 0) is 4.79 Å². The molecular formula is C19H27ClN4O2. The highest BCUT2D eigenvalue weighted by atomic mass is 35.5. The summed E-state index contributed by atoms with van der Waals surface area (Å²) in [6.45, 7) is 2.88. The third-order valence-electron chi connectivity index (χ3n) is 6.40. The molecule has 1 unspecified atom stereocenters. The minimum absolute atomic E-state index is 0.196. The Morgan fingerprint density at radius 1 is 1.12 bits per heavy atom. The summed E-state index contributed by atoms with van der Waals surface area (Å²) in [6.07, 6.45) is 9.78. The highest BCUT2D eigenvalue weighted by Gasteiger charge is 2.47. The number of carbonyl (C=O) groups excluding carboxylic acids is 1. The number of rotatable bonds is 2. The molecule has 0 bridgehead atoms. The first kappa shape index (κ1) is 18.0. The minimum atomic E-state index is -0.384. The molecule has 3 aliphatic rings. The summed E-state index contributed by atoms with van der Waals surface area (Å²) >= 11 is 5.90. The van der Waals surface area contributed by atoms with Crippen LogP contribution in [0.25, 0.3) is 0 Å². The van der Waals surface area contributed by atoms with Crippen LogP contribution in [0.1, 0.15) is 44.9 Å². The van der Waals surface area contributed by atoms with Crippen LogP contribution in [-0.4, -0.2) is 58.2 Å². The third kappa shape index (κ3) is 3.41. The standard InChI is InChI=1S/C19H27ClN4O2/c20-15-10-21-18(22-11-15)24-9-6-16(25)19(13-24)7-3-8-23(12-19)17(26)14-4-1-2-5-14/h10-11,14,16,25H,1-9,12-13H2/t16?,19-/m0/s1. The maximum Gasteiger partial charge on any atom is 0.225 e. The molecule has 4 rings (SSSR count). The Morgan fingerprint density at radius 3 is 2.58 bits per heavy atom. The molecule has 0 radical (unpaired) electrons. The number of hydrogen-bond acceptors (Lipinski definition) is 5. The number of nitrogens with zero attached hydrogens (tertiary/aromatic N) is 4. The Morgan fingerprint density at radius 2 is 1.85 bits per heavy atom. The molecule has 2 saturated heterocycles. The van der Waals surface area contributed by atoms with Gasteiger partial charge < -0.3 is 14.9 Å². The van der Waals surface area contributed by atoms with Gasteiger partial charge in [-0.15, -0.1) is 0 Å². The maximum absolute atomic E-state index is 12.9. The van der Waals surface area contributed by atoms with Crippen molar-refractivity contribution in [1.29, 1.82) is 0 Å². The summed E-state index contributed by atoms with van der Waals surface area (Å²) in [5.41, 5.74) is -0.284. The van der Waals surface area contributed by atoms with Gasteiger partial charge in [0.15, 0.2) is 0 Å². The van der Waals surface area contributed by atoms with Crippen molar-refractivity contribution in [2.24, 2.45) is 11.3 Å². The molecule has 1 aromatic heterocycles. The second-order valence-corrected chi connectivity index (χ2v) is 8.57. The van der Waals surface area contributed by atoms with Gasteiger partial charge in [-0.1, -0.05) is 24.4 Å². The van der Waals surface area contributed by atoms with E-state index in [9.17, 15) is 9.90 Å². The molecule has 0 aromatic carbocycles. The fourth-order valence-electron chi connectivity index (χ4n) is 4.97. The van der Waals surface area contributed by atoms with E-state index >= 15 is 0 Å². The number of aromatic nitrogens is 2. The number of piperidine rings is 2. The largest absolute Gasteiger partial charge is 0.392 e. The molecule has 2 aliphatic heterocycles. The van der Waals surface area contributed by atoms with Gasteiger partial charge in [-0.25, -0.2) is 9.97 Å². The van der Waals surface area contributed by atoms with Crippen molar-refractivity contribution in [3.05, 3.63) is 17.4 Å². The number of aliphatic hydroxyl groups is 1. The van der Waals surface area contributed by atoms with Crippen LogP contribution in [0, 0.1) is 11.3 Å². The smallest absolute Gasteiger partial charge is 0.225 e. The lowest BCUT2D eigenvalue weighted by Crippen LogP contribution is -2.60. The van der Waals surface area contributed by atoms with Crippen LogP contribution in [0.3, 0.4) is 0 Å². The van der Waals surface area contributed by atoms with Gasteiger partial charge in [-0.2, -0.15) is 0 Å². The number of aliphatic hydroxyl groups excluding tert-OH is 1. The molecule has 3 heterocycles. The second kappa shape index (κ2) is 7.31. The fraction of sp³-hybridized carbons (Fsp3) is 0.737. The van der Waals surface area contributed by atoms with E-state index in [4.69, 9.17) is 11.6 Å². The first-order valence-electron chi connectivity index (χ1n) is 9.77. The molecule has 1 amide bonds. The summed E-state index contributed by atoms with van der Waals surface area (Å²) in [5.74, 6) is 1.15. The predicted octanol–water partition coefficient (Wildman–Crippen LogP) is 2.50. The molecular weight excluding hydrogens is 352 g/mol. The van der Waals surface area contributed by atoms with Crippen molar-refractivity contribution in [3.63, 3.8) is 0 Å². The highest BCUT2D eigenvalue weighted by molar-refractivity contribution is 6.30. The molecule has 1 aliphatic carbocycles. The zero-order chi connectivity index (χ0) is 18.1. The Hall–Kier alpha value is -1.40. The van der Waals surface area contributed by atoms with Gasteiger partial charge in [0.1, 0.15) is 0 Å². The molecule has 26 heavy (non-hydrogen) atoms. The summed E-state index contributed by atoms with van der Waals surface area (Å²) in [4.78, 5) is 25.8. The van der Waals surface area contributed by atoms with E-state index in [0.717, 1.165) is 38.8 Å². The lowest BCUT2D eigenvalue weighted by molar-refractivity contribution is -0.142. The van der Waals surface area contributed by atoms with Crippen LogP contribution in [0.4, 0.5) is 5.95 Å². The first-order valence-corrected chi connectivity index (χ1v) is 10.1. The second-order valence-electron chi connectivity index (χ2n) is 8.13. The van der Waals surface area contributed by atoms with Crippen LogP contribution in [0.15, 0.2) is 12.4 Å². The molecule has 7 heteroatoms. The minimum Gasteiger partial charge on any atom is -0.392 e. The van der Waals surface area contributed by atoms with Crippen LogP contribution in [0.2, 0.25) is 5.02 Å². The lowest BCUT2D eigenvalue weighted by atomic mass is 9.71. The van der Waals surface area contributed by atoms with Gasteiger partial charge in [-0.05, 0) is 32.1 Å². The zero-order valence-corrected chi connectivity index (χ0v) is 15.9. The van der Waals surface area contributed by atoms with Gasteiger partial charge >= 0.3 is 0 Å². The summed E-state index contributed by atoms with van der Waals surface area (Å²) in [5, 5.41) is 11.4. The van der Waals surface area contributed by atoms with E-state index < -0.39 is 0 Å². The molecule has 1 N–H and O–H groups in total. The Kier molecular flexibility index (Phi) is 5.06. The Balaban J connectivity index is 1.50. The van der Waals surface area contributed by atoms with Crippen molar-refractivity contribution in [2.75, 3.05) is 31.1 Å². The Labute approximate surface area is 159 Å². The SMILES string of the molecule is O=C(C1CCCC1)N1CCC[C@]2(C1)CN(c1ncc(Cl)cn1)CCC2O. The van der Waals surface area contributed by atoms with Gasteiger partial charge in [0, 0.05) is 37.5 Å². The van der Waals surface area contributed by atoms with E-state index in [-0.39, 0.29) is 17.4 Å². The number of carbonyl (C=O) groups is 1. The lowest BCUT2D eigenvalue weighted by Gasteiger charge is -2.51. The van der Waals surface area contributed by atoms with Crippen molar-refractivity contribution in [1.82, 2.24) is 14.9 Å². The van der Waals surface area contributed by atoms with Crippen LogP contribution >= 0.6 is 11.6 Å². The van der Waals surface area contributed by atoms with Crippen LogP contribution in [0.5, 0.6) is 0 Å². The highest BCUT2D eigenvalue weighted by Crippen LogP contribution is 2.40. The molecule has 6 nitrogen and oxygen atoms in total. The van der Waals surface area contributed by atoms with E-state index in [1.165, 1.54) is 12.8 Å². The molecule has 1 aromatic rings. The summed E-state index contributed by atoms with van der Waals surface area (Å²) in [7, 11) is 0. The predicted molar refractivity (Wildman–Crippen MR) is 100 cm³/mol. The molecule has 1 spiro atoms. The van der Waals surface area contributed by atoms with Gasteiger partial charge in [0.05, 0.1) is 23.5 Å². The van der Waals surface area contributed by atoms with Crippen molar-refractivity contribution in [2.45, 2.75) is 51.0 Å². The van der Waals surface area contributed by atoms with E-state index in [1.54, 1.807) is 12.4 Å². The fourth-order valence-corrected chi connectivity index (χ4v) is 5.07. The topological polar surface area (TPSA) is 69.6 Å². The number of anilines is 1. The van der Waals surface area contributed by atoms with Gasteiger partial charge in [0.2, 0.25) is 11.9 Å².